The molecule has 4 nitrogen and oxygen atoms in total. The molecule has 2 aliphatic heterocycles. The van der Waals surface area contributed by atoms with Gasteiger partial charge < -0.3 is 19.5 Å². The molecule has 0 radical (unpaired) electrons. The monoisotopic (exact) mass is 301 g/mol. The van der Waals surface area contributed by atoms with E-state index in [1.165, 1.54) is 11.1 Å². The molecular formula is C18H23NO3. The molecule has 118 valence electrons. The second-order valence-electron chi connectivity index (χ2n) is 7.45. The van der Waals surface area contributed by atoms with Crippen LogP contribution in [-0.2, 0) is 11.8 Å². The summed E-state index contributed by atoms with van der Waals surface area (Å²) < 4.78 is 12.0. The predicted octanol–water partition coefficient (Wildman–Crippen LogP) is 1.73. The fourth-order valence-corrected chi connectivity index (χ4v) is 5.88. The fraction of sp³-hybridized carbons (Fsp3) is 0.667. The number of aliphatic hydroxyl groups is 1. The molecular weight excluding hydrogens is 278 g/mol. The van der Waals surface area contributed by atoms with E-state index >= 15 is 0 Å². The minimum atomic E-state index is -0.210. The number of aliphatic hydroxyl groups excluding tert-OH is 1. The first-order valence-corrected chi connectivity index (χ1v) is 8.42. The van der Waals surface area contributed by atoms with E-state index in [1.54, 1.807) is 7.11 Å². The number of rotatable bonds is 1. The highest BCUT2D eigenvalue weighted by atomic mass is 16.5. The number of methoxy groups -OCH3 is 1. The van der Waals surface area contributed by atoms with Crippen LogP contribution < -0.4 is 9.47 Å². The number of likely N-dealkylation sites (tertiary alicyclic amines) is 1. The minimum absolute atomic E-state index is 0.00625. The topological polar surface area (TPSA) is 41.9 Å². The van der Waals surface area contributed by atoms with Crippen LogP contribution in [0.15, 0.2) is 12.1 Å². The molecule has 0 unspecified atom stereocenters. The molecule has 2 aliphatic carbocycles. The zero-order valence-electron chi connectivity index (χ0n) is 13.2. The molecule has 1 N–H and O–H groups in total. The molecule has 2 bridgehead atoms. The van der Waals surface area contributed by atoms with Crippen molar-refractivity contribution in [3.05, 3.63) is 23.3 Å². The second kappa shape index (κ2) is 4.18. The van der Waals surface area contributed by atoms with Crippen LogP contribution in [0.5, 0.6) is 11.5 Å². The zero-order valence-corrected chi connectivity index (χ0v) is 13.2. The van der Waals surface area contributed by atoms with Gasteiger partial charge in [0.15, 0.2) is 11.5 Å². The largest absolute Gasteiger partial charge is 0.493 e. The molecule has 1 saturated heterocycles. The van der Waals surface area contributed by atoms with Crippen LogP contribution in [0.4, 0.5) is 0 Å². The normalized spacial score (nSPS) is 41.8. The van der Waals surface area contributed by atoms with Crippen molar-refractivity contribution in [2.75, 3.05) is 20.7 Å². The third-order valence-corrected chi connectivity index (χ3v) is 6.75. The van der Waals surface area contributed by atoms with Crippen molar-refractivity contribution >= 4 is 0 Å². The van der Waals surface area contributed by atoms with Crippen molar-refractivity contribution in [1.29, 1.82) is 0 Å². The lowest BCUT2D eigenvalue weighted by molar-refractivity contribution is -0.106. The van der Waals surface area contributed by atoms with Gasteiger partial charge in [-0.1, -0.05) is 6.07 Å². The molecule has 1 spiro atoms. The molecule has 5 atom stereocenters. The van der Waals surface area contributed by atoms with E-state index in [-0.39, 0.29) is 17.6 Å². The first-order valence-electron chi connectivity index (χ1n) is 8.42. The Bertz CT molecular complexity index is 645. The summed E-state index contributed by atoms with van der Waals surface area (Å²) in [6.45, 7) is 1.09. The van der Waals surface area contributed by atoms with Crippen LogP contribution in [0, 0.1) is 5.92 Å². The maximum atomic E-state index is 10.8. The predicted molar refractivity (Wildman–Crippen MR) is 82.6 cm³/mol. The van der Waals surface area contributed by atoms with Crippen LogP contribution in [-0.4, -0.2) is 49.0 Å². The van der Waals surface area contributed by atoms with E-state index < -0.39 is 0 Å². The summed E-state index contributed by atoms with van der Waals surface area (Å²) in [6, 6.07) is 4.70. The number of piperidine rings is 1. The van der Waals surface area contributed by atoms with Gasteiger partial charge in [-0.2, -0.15) is 0 Å². The number of benzene rings is 1. The first-order chi connectivity index (χ1) is 10.7. The minimum Gasteiger partial charge on any atom is -0.493 e. The highest BCUT2D eigenvalue weighted by molar-refractivity contribution is 5.61. The van der Waals surface area contributed by atoms with E-state index in [9.17, 15) is 5.11 Å². The highest BCUT2D eigenvalue weighted by Crippen LogP contribution is 2.63. The molecule has 2 fully saturated rings. The van der Waals surface area contributed by atoms with Crippen molar-refractivity contribution in [3.8, 4) is 11.5 Å². The number of hydrogen-bond donors (Lipinski definition) is 1. The van der Waals surface area contributed by atoms with Gasteiger partial charge in [0.1, 0.15) is 6.10 Å². The van der Waals surface area contributed by atoms with E-state index in [1.807, 2.05) is 0 Å². The fourth-order valence-electron chi connectivity index (χ4n) is 5.88. The summed E-state index contributed by atoms with van der Waals surface area (Å²) in [4.78, 5) is 2.45. The first kappa shape index (κ1) is 13.2. The molecule has 5 rings (SSSR count). The lowest BCUT2D eigenvalue weighted by Gasteiger charge is -2.59. The van der Waals surface area contributed by atoms with Crippen molar-refractivity contribution in [3.63, 3.8) is 0 Å². The lowest BCUT2D eigenvalue weighted by Crippen LogP contribution is -2.67. The summed E-state index contributed by atoms with van der Waals surface area (Å²) >= 11 is 0. The summed E-state index contributed by atoms with van der Waals surface area (Å²) in [5.74, 6) is 2.12. The Labute approximate surface area is 131 Å². The van der Waals surface area contributed by atoms with Crippen LogP contribution in [0.1, 0.15) is 30.4 Å². The van der Waals surface area contributed by atoms with Gasteiger partial charge in [-0.05, 0) is 50.9 Å². The summed E-state index contributed by atoms with van der Waals surface area (Å²) in [7, 11) is 3.92. The van der Waals surface area contributed by atoms with E-state index in [2.05, 4.69) is 24.1 Å². The van der Waals surface area contributed by atoms with Gasteiger partial charge in [0.05, 0.1) is 13.2 Å². The lowest BCUT2D eigenvalue weighted by atomic mass is 9.51. The maximum absolute atomic E-state index is 10.8. The van der Waals surface area contributed by atoms with Gasteiger partial charge in [-0.25, -0.2) is 0 Å². The molecule has 4 aliphatic rings. The number of ether oxygens (including phenoxy) is 2. The Morgan fingerprint density at radius 2 is 2.23 bits per heavy atom. The molecule has 0 amide bonds. The molecule has 1 aromatic carbocycles. The SMILES string of the molecule is COc1ccc2c3c1O[C@H]1CC[C@@H](O)[C@H]4[C@@H](C2)N(C)CC[C@@]341. The third-order valence-electron chi connectivity index (χ3n) is 6.75. The molecule has 1 aromatic rings. The number of likely N-dealkylation sites (N-methyl/N-ethyl adjacent to an activating group) is 1. The average molecular weight is 301 g/mol. The Hall–Kier alpha value is -1.26. The maximum Gasteiger partial charge on any atom is 0.165 e. The Morgan fingerprint density at radius 1 is 1.36 bits per heavy atom. The van der Waals surface area contributed by atoms with E-state index in [0.29, 0.717) is 12.0 Å². The van der Waals surface area contributed by atoms with Gasteiger partial charge in [-0.3, -0.25) is 0 Å². The summed E-state index contributed by atoms with van der Waals surface area (Å²) in [5, 5.41) is 10.8. The van der Waals surface area contributed by atoms with Crippen molar-refractivity contribution < 1.29 is 14.6 Å². The van der Waals surface area contributed by atoms with Gasteiger partial charge in [0, 0.05) is 22.9 Å². The number of nitrogens with zero attached hydrogens (tertiary/aromatic N) is 1. The molecule has 0 aromatic heterocycles. The smallest absolute Gasteiger partial charge is 0.165 e. The standard InChI is InChI=1S/C18H23NO3/c1-19-8-7-18-14-6-4-12(20)16(18)11(19)9-10-3-5-13(21-2)17(22-14)15(10)18/h3,5,11-12,14,16,20H,4,6-9H2,1-2H3/t11-,12-,14+,16-,18-/m1/s1. The van der Waals surface area contributed by atoms with Crippen LogP contribution in [0.2, 0.25) is 0 Å². The van der Waals surface area contributed by atoms with Gasteiger partial charge in [-0.15, -0.1) is 0 Å². The Kier molecular flexibility index (Phi) is 2.51. The molecule has 1 saturated carbocycles. The Balaban J connectivity index is 1.80. The molecule has 4 heteroatoms. The van der Waals surface area contributed by atoms with Crippen LogP contribution in [0.25, 0.3) is 0 Å². The second-order valence-corrected chi connectivity index (χ2v) is 7.45. The van der Waals surface area contributed by atoms with Crippen molar-refractivity contribution in [2.45, 2.75) is 49.3 Å². The average Bonchev–Trinajstić information content (AvgIpc) is 2.86. The molecule has 22 heavy (non-hydrogen) atoms. The van der Waals surface area contributed by atoms with E-state index in [4.69, 9.17) is 9.47 Å². The van der Waals surface area contributed by atoms with Crippen molar-refractivity contribution in [1.82, 2.24) is 4.90 Å². The quantitative estimate of drug-likeness (QED) is 0.858. The van der Waals surface area contributed by atoms with Gasteiger partial charge in [0.25, 0.3) is 0 Å². The molecule has 2 heterocycles. The van der Waals surface area contributed by atoms with Crippen LogP contribution >= 0.6 is 0 Å². The van der Waals surface area contributed by atoms with Gasteiger partial charge >= 0.3 is 0 Å². The van der Waals surface area contributed by atoms with Gasteiger partial charge in [0.2, 0.25) is 0 Å². The summed E-state index contributed by atoms with van der Waals surface area (Å²) in [5.41, 5.74) is 2.77. The highest BCUT2D eigenvalue weighted by Gasteiger charge is 2.65. The van der Waals surface area contributed by atoms with Crippen LogP contribution in [0.3, 0.4) is 0 Å². The Morgan fingerprint density at radius 3 is 3.05 bits per heavy atom. The van der Waals surface area contributed by atoms with Crippen molar-refractivity contribution in [2.24, 2.45) is 5.92 Å². The van der Waals surface area contributed by atoms with E-state index in [0.717, 1.165) is 43.7 Å². The third kappa shape index (κ3) is 1.32. The summed E-state index contributed by atoms with van der Waals surface area (Å²) in [6.07, 6.45) is 3.90. The number of hydrogen-bond acceptors (Lipinski definition) is 4. The zero-order chi connectivity index (χ0) is 15.1.